The van der Waals surface area contributed by atoms with Gasteiger partial charge >= 0.3 is 0 Å². The van der Waals surface area contributed by atoms with Crippen molar-refractivity contribution in [3.05, 3.63) is 22.7 Å². The smallest absolute Gasteiger partial charge is 0.244 e. The van der Waals surface area contributed by atoms with E-state index in [0.717, 1.165) is 0 Å². The van der Waals surface area contributed by atoms with Gasteiger partial charge in [-0.05, 0) is 34.1 Å². The molecule has 8 heteroatoms. The number of halogens is 1. The number of rotatable bonds is 2. The molecule has 18 heavy (non-hydrogen) atoms. The van der Waals surface area contributed by atoms with Crippen LogP contribution in [0.15, 0.2) is 27.6 Å². The molecule has 0 aliphatic carbocycles. The van der Waals surface area contributed by atoms with E-state index in [1.807, 2.05) is 0 Å². The fraction of sp³-hybridized carbons (Fsp3) is 0.400. The second-order valence-electron chi connectivity index (χ2n) is 3.94. The van der Waals surface area contributed by atoms with Crippen molar-refractivity contribution in [2.45, 2.75) is 4.90 Å². The molecule has 0 spiro atoms. The third-order valence-electron chi connectivity index (χ3n) is 2.71. The van der Waals surface area contributed by atoms with Crippen LogP contribution < -0.4 is 5.73 Å². The summed E-state index contributed by atoms with van der Waals surface area (Å²) in [5.74, 6) is 0.789. The highest BCUT2D eigenvalue weighted by Crippen LogP contribution is 2.27. The fourth-order valence-electron chi connectivity index (χ4n) is 1.73. The molecule has 0 amide bonds. The minimum atomic E-state index is -3.54. The van der Waals surface area contributed by atoms with E-state index < -0.39 is 20.8 Å². The fourth-order valence-corrected chi connectivity index (χ4v) is 5.51. The number of hydrogen-bond acceptors (Lipinski definition) is 4. The summed E-state index contributed by atoms with van der Waals surface area (Å²) >= 11 is 3.22. The molecule has 1 aliphatic heterocycles. The number of nitrogens with two attached hydrogens (primary N) is 1. The van der Waals surface area contributed by atoms with Crippen molar-refractivity contribution in [3.8, 4) is 0 Å². The molecule has 5 nitrogen and oxygen atoms in total. The summed E-state index contributed by atoms with van der Waals surface area (Å²) in [7, 11) is -4.44. The van der Waals surface area contributed by atoms with Crippen LogP contribution in [0.25, 0.3) is 0 Å². The molecule has 0 radical (unpaired) electrons. The second-order valence-corrected chi connectivity index (χ2v) is 8.40. The van der Waals surface area contributed by atoms with Gasteiger partial charge in [0.25, 0.3) is 0 Å². The van der Waals surface area contributed by atoms with Crippen molar-refractivity contribution >= 4 is 42.4 Å². The molecule has 1 aliphatic rings. The second kappa shape index (κ2) is 5.28. The van der Waals surface area contributed by atoms with Gasteiger partial charge in [-0.1, -0.05) is 0 Å². The molecule has 0 saturated carbocycles. The molecule has 1 heterocycles. The van der Waals surface area contributed by atoms with Gasteiger partial charge in [0.05, 0.1) is 4.90 Å². The summed E-state index contributed by atoms with van der Waals surface area (Å²) in [6, 6.07) is 4.61. The molecule has 1 aromatic carbocycles. The summed E-state index contributed by atoms with van der Waals surface area (Å²) in [5, 5.41) is 0. The molecule has 2 rings (SSSR count). The number of benzene rings is 1. The first-order valence-electron chi connectivity index (χ1n) is 5.31. The van der Waals surface area contributed by atoms with E-state index in [-0.39, 0.29) is 4.90 Å². The number of sulfonamides is 1. The topological polar surface area (TPSA) is 80.5 Å². The van der Waals surface area contributed by atoms with E-state index in [4.69, 9.17) is 5.73 Å². The Morgan fingerprint density at radius 2 is 1.89 bits per heavy atom. The van der Waals surface area contributed by atoms with E-state index in [1.54, 1.807) is 12.1 Å². The van der Waals surface area contributed by atoms with Gasteiger partial charge in [0.15, 0.2) is 0 Å². The zero-order valence-corrected chi connectivity index (χ0v) is 12.7. The highest BCUT2D eigenvalue weighted by atomic mass is 79.9. The molecule has 0 bridgehead atoms. The Morgan fingerprint density at radius 3 is 2.44 bits per heavy atom. The average Bonchev–Trinajstić information content (AvgIpc) is 2.29. The van der Waals surface area contributed by atoms with Crippen LogP contribution in [0.3, 0.4) is 0 Å². The van der Waals surface area contributed by atoms with Gasteiger partial charge < -0.3 is 5.73 Å². The van der Waals surface area contributed by atoms with E-state index in [9.17, 15) is 12.6 Å². The summed E-state index contributed by atoms with van der Waals surface area (Å²) in [6.45, 7) is 0.595. The average molecular weight is 353 g/mol. The Kier molecular flexibility index (Phi) is 4.10. The lowest BCUT2D eigenvalue weighted by atomic mass is 10.3. The molecule has 1 aromatic rings. The van der Waals surface area contributed by atoms with Crippen molar-refractivity contribution in [1.29, 1.82) is 0 Å². The van der Waals surface area contributed by atoms with Gasteiger partial charge in [-0.25, -0.2) is 8.42 Å². The van der Waals surface area contributed by atoms with E-state index in [1.165, 1.54) is 10.4 Å². The normalized spacial score (nSPS) is 18.9. The standard InChI is InChI=1S/C10H13BrN2O3S2/c11-9-7-8(12)1-2-10(9)18(15,16)13-3-5-17(14)6-4-13/h1-2,7H,3-6,12H2. The van der Waals surface area contributed by atoms with Gasteiger partial charge in [-0.15, -0.1) is 0 Å². The van der Waals surface area contributed by atoms with Crippen molar-refractivity contribution < 1.29 is 12.6 Å². The lowest BCUT2D eigenvalue weighted by Gasteiger charge is -2.26. The van der Waals surface area contributed by atoms with Gasteiger partial charge in [0.2, 0.25) is 10.0 Å². The highest BCUT2D eigenvalue weighted by Gasteiger charge is 2.29. The molecule has 1 saturated heterocycles. The number of hydrogen-bond donors (Lipinski definition) is 1. The largest absolute Gasteiger partial charge is 0.399 e. The predicted octanol–water partition coefficient (Wildman–Crippen LogP) is 0.784. The van der Waals surface area contributed by atoms with Crippen LogP contribution in [0, 0.1) is 0 Å². The third-order valence-corrected chi connectivity index (χ3v) is 6.86. The maximum atomic E-state index is 12.4. The number of nitrogens with zero attached hydrogens (tertiary/aromatic N) is 1. The molecule has 0 aromatic heterocycles. The Bertz CT molecular complexity index is 579. The Morgan fingerprint density at radius 1 is 1.28 bits per heavy atom. The maximum Gasteiger partial charge on any atom is 0.244 e. The molecule has 0 unspecified atom stereocenters. The zero-order valence-electron chi connectivity index (χ0n) is 9.50. The van der Waals surface area contributed by atoms with Crippen LogP contribution in [0.2, 0.25) is 0 Å². The quantitative estimate of drug-likeness (QED) is 0.797. The highest BCUT2D eigenvalue weighted by molar-refractivity contribution is 9.10. The predicted molar refractivity (Wildman–Crippen MR) is 75.2 cm³/mol. The van der Waals surface area contributed by atoms with E-state index in [2.05, 4.69) is 15.9 Å². The molecular weight excluding hydrogens is 340 g/mol. The summed E-state index contributed by atoms with van der Waals surface area (Å²) in [5.41, 5.74) is 6.09. The molecule has 1 fully saturated rings. The first kappa shape index (κ1) is 14.0. The van der Waals surface area contributed by atoms with Crippen molar-refractivity contribution in [3.63, 3.8) is 0 Å². The number of anilines is 1. The van der Waals surface area contributed by atoms with Crippen LogP contribution in [0.1, 0.15) is 0 Å². The SMILES string of the molecule is Nc1ccc(S(=O)(=O)N2CCS(=O)CC2)c(Br)c1. The van der Waals surface area contributed by atoms with Crippen LogP contribution in [-0.4, -0.2) is 41.5 Å². The third kappa shape index (κ3) is 2.76. The molecular formula is C10H13BrN2O3S2. The zero-order chi connectivity index (χ0) is 13.3. The van der Waals surface area contributed by atoms with Crippen LogP contribution in [0.4, 0.5) is 5.69 Å². The minimum Gasteiger partial charge on any atom is -0.399 e. The van der Waals surface area contributed by atoms with Gasteiger partial charge in [0, 0.05) is 45.6 Å². The van der Waals surface area contributed by atoms with Gasteiger partial charge in [-0.2, -0.15) is 4.31 Å². The lowest BCUT2D eigenvalue weighted by molar-refractivity contribution is 0.438. The van der Waals surface area contributed by atoms with Crippen LogP contribution >= 0.6 is 15.9 Å². The van der Waals surface area contributed by atoms with Crippen LogP contribution in [-0.2, 0) is 20.8 Å². The van der Waals surface area contributed by atoms with E-state index in [0.29, 0.717) is 34.8 Å². The Hall–Kier alpha value is -0.440. The monoisotopic (exact) mass is 352 g/mol. The van der Waals surface area contributed by atoms with Crippen molar-refractivity contribution in [2.24, 2.45) is 0 Å². The minimum absolute atomic E-state index is 0.199. The van der Waals surface area contributed by atoms with E-state index >= 15 is 0 Å². The summed E-state index contributed by atoms with van der Waals surface area (Å²) in [6.07, 6.45) is 0. The van der Waals surface area contributed by atoms with Crippen molar-refractivity contribution in [1.82, 2.24) is 4.31 Å². The van der Waals surface area contributed by atoms with Gasteiger partial charge in [-0.3, -0.25) is 4.21 Å². The Labute approximate surface area is 117 Å². The molecule has 2 N–H and O–H groups in total. The van der Waals surface area contributed by atoms with Gasteiger partial charge in [0.1, 0.15) is 0 Å². The number of nitrogen functional groups attached to an aromatic ring is 1. The Balaban J connectivity index is 2.33. The lowest BCUT2D eigenvalue weighted by Crippen LogP contribution is -2.41. The molecule has 100 valence electrons. The van der Waals surface area contributed by atoms with Crippen molar-refractivity contribution in [2.75, 3.05) is 30.3 Å². The first-order chi connectivity index (χ1) is 8.41. The maximum absolute atomic E-state index is 12.4. The first-order valence-corrected chi connectivity index (χ1v) is 9.03. The van der Waals surface area contributed by atoms with Crippen LogP contribution in [0.5, 0.6) is 0 Å². The summed E-state index contributed by atoms with van der Waals surface area (Å²) in [4.78, 5) is 0.199. The summed E-state index contributed by atoms with van der Waals surface area (Å²) < 4.78 is 37.8. The molecule has 0 atom stereocenters.